The lowest BCUT2D eigenvalue weighted by molar-refractivity contribution is -0.115. The summed E-state index contributed by atoms with van der Waals surface area (Å²) < 4.78 is 1.99. The van der Waals surface area contributed by atoms with E-state index < -0.39 is 5.97 Å². The third-order valence-electron chi connectivity index (χ3n) is 4.30. The van der Waals surface area contributed by atoms with Crippen molar-refractivity contribution in [3.63, 3.8) is 0 Å². The van der Waals surface area contributed by atoms with E-state index in [1.54, 1.807) is 6.08 Å². The van der Waals surface area contributed by atoms with Gasteiger partial charge < -0.3 is 20.1 Å². The van der Waals surface area contributed by atoms with Gasteiger partial charge in [0.25, 0.3) is 5.91 Å². The van der Waals surface area contributed by atoms with Gasteiger partial charge in [-0.2, -0.15) is 0 Å². The number of carbonyl (C=O) groups excluding carboxylic acids is 1. The molecule has 140 valence electrons. The van der Waals surface area contributed by atoms with E-state index in [-0.39, 0.29) is 28.1 Å². The second-order valence-corrected chi connectivity index (χ2v) is 7.23. The lowest BCUT2D eigenvalue weighted by Gasteiger charge is -2.02. The monoisotopic (exact) mass is 393 g/mol. The zero-order chi connectivity index (χ0) is 19.8. The second-order valence-electron chi connectivity index (χ2n) is 6.20. The maximum Gasteiger partial charge on any atom is 0.338 e. The molecule has 1 fully saturated rings. The van der Waals surface area contributed by atoms with Gasteiger partial charge in [0.2, 0.25) is 0 Å². The molecule has 28 heavy (non-hydrogen) atoms. The van der Waals surface area contributed by atoms with Crippen LogP contribution in [-0.2, 0) is 11.8 Å². The Morgan fingerprint density at radius 3 is 2.82 bits per heavy atom. The second kappa shape index (κ2) is 6.90. The van der Waals surface area contributed by atoms with E-state index in [0.717, 1.165) is 34.3 Å². The number of aromatic hydroxyl groups is 1. The van der Waals surface area contributed by atoms with Crippen LogP contribution in [0.5, 0.6) is 5.75 Å². The first-order valence-electron chi connectivity index (χ1n) is 8.32. The van der Waals surface area contributed by atoms with Crippen molar-refractivity contribution >= 4 is 51.5 Å². The minimum absolute atomic E-state index is 0.145. The van der Waals surface area contributed by atoms with Crippen molar-refractivity contribution in [1.29, 1.82) is 0 Å². The predicted molar refractivity (Wildman–Crippen MR) is 109 cm³/mol. The predicted octanol–water partition coefficient (Wildman–Crippen LogP) is 3.47. The van der Waals surface area contributed by atoms with E-state index in [4.69, 9.17) is 0 Å². The Morgan fingerprint density at radius 2 is 2.04 bits per heavy atom. The van der Waals surface area contributed by atoms with E-state index in [1.165, 1.54) is 12.1 Å². The minimum atomic E-state index is -1.21. The molecule has 1 saturated heterocycles. The van der Waals surface area contributed by atoms with E-state index in [9.17, 15) is 19.8 Å². The zero-order valence-electron chi connectivity index (χ0n) is 14.7. The number of carboxylic acid groups (broad SMARTS) is 1. The lowest BCUT2D eigenvalue weighted by atomic mass is 10.1. The van der Waals surface area contributed by atoms with Crippen LogP contribution in [0.3, 0.4) is 0 Å². The fraction of sp³-hybridized carbons (Fsp3) is 0.0500. The number of nitrogens with one attached hydrogen (secondary N) is 1. The Morgan fingerprint density at radius 1 is 1.25 bits per heavy atom. The maximum atomic E-state index is 12.4. The molecule has 0 unspecified atom stereocenters. The molecule has 0 atom stereocenters. The number of aromatic nitrogens is 1. The third-order valence-corrected chi connectivity index (χ3v) is 5.21. The van der Waals surface area contributed by atoms with Crippen LogP contribution in [-0.4, -0.2) is 31.8 Å². The highest BCUT2D eigenvalue weighted by molar-refractivity contribution is 8.18. The molecule has 4 rings (SSSR count). The number of para-hydroxylation sites is 1. The zero-order valence-corrected chi connectivity index (χ0v) is 15.5. The van der Waals surface area contributed by atoms with Crippen LogP contribution in [0.2, 0.25) is 0 Å². The summed E-state index contributed by atoms with van der Waals surface area (Å²) >= 11 is 1.14. The average molecular weight is 393 g/mol. The summed E-state index contributed by atoms with van der Waals surface area (Å²) in [7, 11) is 1.94. The number of amidine groups is 1. The SMILES string of the molecule is Cn1cc(/C=C2\SC(=Nc3ccc(O)cc3C(=O)O)NC2=O)c2ccccc21. The highest BCUT2D eigenvalue weighted by atomic mass is 32.2. The molecular weight excluding hydrogens is 378 g/mol. The molecule has 0 bridgehead atoms. The molecule has 0 aliphatic carbocycles. The van der Waals surface area contributed by atoms with Crippen molar-refractivity contribution in [2.45, 2.75) is 0 Å². The summed E-state index contributed by atoms with van der Waals surface area (Å²) in [6.07, 6.45) is 3.74. The number of benzene rings is 2. The number of fused-ring (bicyclic) bond motifs is 1. The number of rotatable bonds is 3. The number of hydrogen-bond acceptors (Lipinski definition) is 5. The number of aryl methyl sites for hydroxylation is 1. The molecule has 1 amide bonds. The van der Waals surface area contributed by atoms with Crippen LogP contribution in [0.15, 0.2) is 58.6 Å². The topological polar surface area (TPSA) is 104 Å². The van der Waals surface area contributed by atoms with Gasteiger partial charge in [0, 0.05) is 29.7 Å². The van der Waals surface area contributed by atoms with Crippen LogP contribution < -0.4 is 5.32 Å². The smallest absolute Gasteiger partial charge is 0.338 e. The number of amides is 1. The maximum absolute atomic E-state index is 12.4. The van der Waals surface area contributed by atoms with Crippen molar-refractivity contribution in [3.8, 4) is 5.75 Å². The van der Waals surface area contributed by atoms with Crippen LogP contribution in [0.25, 0.3) is 17.0 Å². The highest BCUT2D eigenvalue weighted by Gasteiger charge is 2.25. The lowest BCUT2D eigenvalue weighted by Crippen LogP contribution is -2.19. The quantitative estimate of drug-likeness (QED) is 0.591. The van der Waals surface area contributed by atoms with Gasteiger partial charge in [0.05, 0.1) is 16.2 Å². The number of phenolic OH excluding ortho intramolecular Hbond substituents is 1. The molecule has 2 aromatic carbocycles. The fourth-order valence-electron chi connectivity index (χ4n) is 3.01. The van der Waals surface area contributed by atoms with Gasteiger partial charge in [0.1, 0.15) is 5.75 Å². The normalized spacial score (nSPS) is 16.8. The van der Waals surface area contributed by atoms with Crippen molar-refractivity contribution in [2.75, 3.05) is 0 Å². The molecule has 1 aromatic heterocycles. The summed E-state index contributed by atoms with van der Waals surface area (Å²) in [6.45, 7) is 0. The van der Waals surface area contributed by atoms with Crippen LogP contribution in [0.4, 0.5) is 5.69 Å². The average Bonchev–Trinajstić information content (AvgIpc) is 3.17. The number of aromatic carboxylic acids is 1. The third kappa shape index (κ3) is 3.25. The summed E-state index contributed by atoms with van der Waals surface area (Å²) in [5.41, 5.74) is 1.98. The Balaban J connectivity index is 1.69. The van der Waals surface area contributed by atoms with E-state index in [0.29, 0.717) is 4.91 Å². The number of hydrogen-bond donors (Lipinski definition) is 3. The molecule has 2 heterocycles. The number of carboxylic acids is 1. The number of phenols is 1. The highest BCUT2D eigenvalue weighted by Crippen LogP contribution is 2.32. The molecule has 7 nitrogen and oxygen atoms in total. The number of carbonyl (C=O) groups is 2. The molecule has 0 saturated carbocycles. The van der Waals surface area contributed by atoms with Gasteiger partial charge in [-0.1, -0.05) is 18.2 Å². The molecule has 8 heteroatoms. The minimum Gasteiger partial charge on any atom is -0.508 e. The first kappa shape index (κ1) is 17.9. The van der Waals surface area contributed by atoms with Gasteiger partial charge in [-0.15, -0.1) is 0 Å². The number of thioether (sulfide) groups is 1. The summed E-state index contributed by atoms with van der Waals surface area (Å²) in [5, 5.41) is 22.7. The Labute approximate surface area is 164 Å². The molecule has 0 radical (unpaired) electrons. The van der Waals surface area contributed by atoms with Gasteiger partial charge >= 0.3 is 5.97 Å². The van der Waals surface area contributed by atoms with Gasteiger partial charge in [-0.3, -0.25) is 4.79 Å². The Kier molecular flexibility index (Phi) is 4.40. The summed E-state index contributed by atoms with van der Waals surface area (Å²) in [6, 6.07) is 11.8. The van der Waals surface area contributed by atoms with E-state index in [1.807, 2.05) is 42.1 Å². The number of nitrogens with zero attached hydrogens (tertiary/aromatic N) is 2. The molecule has 0 spiro atoms. The van der Waals surface area contributed by atoms with Gasteiger partial charge in [0.15, 0.2) is 5.17 Å². The molecule has 3 N–H and O–H groups in total. The first-order valence-corrected chi connectivity index (χ1v) is 9.14. The Bertz CT molecular complexity index is 1190. The summed E-state index contributed by atoms with van der Waals surface area (Å²) in [5.74, 6) is -1.68. The standard InChI is InChI=1S/C20H15N3O4S/c1-23-10-11(13-4-2-3-5-16(13)23)8-17-18(25)22-20(28-17)21-15-7-6-12(24)9-14(15)19(26)27/h2-10,24H,1H3,(H,26,27)(H,21,22,25)/b17-8-. The molecule has 1 aliphatic rings. The largest absolute Gasteiger partial charge is 0.508 e. The molecular formula is C20H15N3O4S. The van der Waals surface area contributed by atoms with Crippen LogP contribution in [0, 0.1) is 0 Å². The summed E-state index contributed by atoms with van der Waals surface area (Å²) in [4.78, 5) is 28.4. The van der Waals surface area contributed by atoms with Crippen LogP contribution in [0.1, 0.15) is 15.9 Å². The van der Waals surface area contributed by atoms with Gasteiger partial charge in [-0.05, 0) is 42.1 Å². The molecule has 3 aromatic rings. The van der Waals surface area contributed by atoms with Crippen molar-refractivity contribution < 1.29 is 19.8 Å². The van der Waals surface area contributed by atoms with Crippen molar-refractivity contribution in [2.24, 2.45) is 12.0 Å². The van der Waals surface area contributed by atoms with Gasteiger partial charge in [-0.25, -0.2) is 9.79 Å². The Hall–Kier alpha value is -3.52. The fourth-order valence-corrected chi connectivity index (χ4v) is 3.84. The number of aliphatic imine (C=N–C) groups is 1. The van der Waals surface area contributed by atoms with Crippen molar-refractivity contribution in [3.05, 3.63) is 64.7 Å². The van der Waals surface area contributed by atoms with Crippen LogP contribution >= 0.6 is 11.8 Å². The first-order chi connectivity index (χ1) is 13.4. The van der Waals surface area contributed by atoms with E-state index >= 15 is 0 Å². The van der Waals surface area contributed by atoms with E-state index in [2.05, 4.69) is 10.3 Å². The van der Waals surface area contributed by atoms with Crippen molar-refractivity contribution in [1.82, 2.24) is 9.88 Å². The molecule has 1 aliphatic heterocycles.